The molecule has 2 aromatic heterocycles. The van der Waals surface area contributed by atoms with E-state index in [1.54, 1.807) is 0 Å². The second kappa shape index (κ2) is 12.7. The van der Waals surface area contributed by atoms with Gasteiger partial charge in [0.25, 0.3) is 0 Å². The smallest absolute Gasteiger partial charge is 0.313 e. The van der Waals surface area contributed by atoms with Crippen LogP contribution in [-0.2, 0) is 28.8 Å². The predicted molar refractivity (Wildman–Crippen MR) is 161 cm³/mol. The van der Waals surface area contributed by atoms with E-state index in [-0.39, 0.29) is 11.9 Å². The van der Waals surface area contributed by atoms with Gasteiger partial charge in [0, 0.05) is 17.8 Å². The van der Waals surface area contributed by atoms with Crippen LogP contribution in [0.2, 0.25) is 0 Å². The van der Waals surface area contributed by atoms with Gasteiger partial charge in [-0.3, -0.25) is 14.3 Å². The number of ether oxygens (including phenoxy) is 1. The Hall–Kier alpha value is -4.25. The number of aromatic nitrogens is 3. The van der Waals surface area contributed by atoms with E-state index in [0.717, 1.165) is 65.2 Å². The zero-order chi connectivity index (χ0) is 27.9. The molecule has 0 fully saturated rings. The number of pyridine rings is 1. The van der Waals surface area contributed by atoms with Crippen molar-refractivity contribution < 1.29 is 9.53 Å². The Kier molecular flexibility index (Phi) is 8.70. The summed E-state index contributed by atoms with van der Waals surface area (Å²) < 4.78 is 7.73. The van der Waals surface area contributed by atoms with Crippen LogP contribution in [0.1, 0.15) is 59.6 Å². The summed E-state index contributed by atoms with van der Waals surface area (Å²) in [6.07, 6.45) is 4.37. The summed E-state index contributed by atoms with van der Waals surface area (Å²) in [6.45, 7) is 6.29. The van der Waals surface area contributed by atoms with E-state index in [9.17, 15) is 4.79 Å². The third kappa shape index (κ3) is 6.31. The lowest BCUT2D eigenvalue weighted by Gasteiger charge is -2.17. The molecule has 2 heterocycles. The minimum atomic E-state index is -0.312. The molecule has 0 saturated heterocycles. The second-order valence-electron chi connectivity index (χ2n) is 10.3. The third-order valence-electron chi connectivity index (χ3n) is 7.41. The highest BCUT2D eigenvalue weighted by atomic mass is 16.5. The largest absolute Gasteiger partial charge is 0.466 e. The molecule has 40 heavy (non-hydrogen) atoms. The number of rotatable bonds is 11. The SMILES string of the molecule is CCOC(=O)C(CCc1ccccc1)c1ccc(-n2c(CCCc3ccccc3)nc3c(C)nc(C)cc32)cc1. The zero-order valence-corrected chi connectivity index (χ0v) is 23.6. The Bertz CT molecular complexity index is 1560. The molecular formula is C35H37N3O2. The van der Waals surface area contributed by atoms with E-state index in [4.69, 9.17) is 9.72 Å². The fraction of sp³-hybridized carbons (Fsp3) is 0.286. The summed E-state index contributed by atoms with van der Waals surface area (Å²) in [7, 11) is 0. The number of fused-ring (bicyclic) bond motifs is 1. The fourth-order valence-electron chi connectivity index (χ4n) is 5.45. The van der Waals surface area contributed by atoms with Crippen molar-refractivity contribution >= 4 is 17.0 Å². The number of esters is 1. The molecule has 3 aromatic carbocycles. The van der Waals surface area contributed by atoms with Crippen molar-refractivity contribution in [2.75, 3.05) is 6.61 Å². The van der Waals surface area contributed by atoms with Gasteiger partial charge in [-0.05, 0) is 81.3 Å². The fourth-order valence-corrected chi connectivity index (χ4v) is 5.45. The van der Waals surface area contributed by atoms with Crippen molar-refractivity contribution in [2.45, 2.75) is 58.8 Å². The van der Waals surface area contributed by atoms with Gasteiger partial charge < -0.3 is 4.74 Å². The van der Waals surface area contributed by atoms with Gasteiger partial charge in [-0.25, -0.2) is 4.98 Å². The molecule has 204 valence electrons. The number of carbonyl (C=O) groups excluding carboxylic acids is 1. The van der Waals surface area contributed by atoms with Crippen LogP contribution in [0.5, 0.6) is 0 Å². The molecule has 1 unspecified atom stereocenters. The van der Waals surface area contributed by atoms with Crippen LogP contribution in [0, 0.1) is 13.8 Å². The van der Waals surface area contributed by atoms with Crippen LogP contribution < -0.4 is 0 Å². The normalized spacial score (nSPS) is 12.0. The predicted octanol–water partition coefficient (Wildman–Crippen LogP) is 7.49. The first-order valence-corrected chi connectivity index (χ1v) is 14.2. The number of hydrogen-bond acceptors (Lipinski definition) is 4. The average molecular weight is 532 g/mol. The number of aryl methyl sites for hydroxylation is 5. The molecule has 0 radical (unpaired) electrons. The molecule has 5 nitrogen and oxygen atoms in total. The lowest BCUT2D eigenvalue weighted by molar-refractivity contribution is -0.145. The monoisotopic (exact) mass is 531 g/mol. The van der Waals surface area contributed by atoms with E-state index >= 15 is 0 Å². The minimum absolute atomic E-state index is 0.168. The molecule has 0 bridgehead atoms. The van der Waals surface area contributed by atoms with E-state index < -0.39 is 0 Å². The summed E-state index contributed by atoms with van der Waals surface area (Å²) in [5.74, 6) is 0.547. The van der Waals surface area contributed by atoms with Gasteiger partial charge in [-0.2, -0.15) is 0 Å². The molecule has 5 rings (SSSR count). The second-order valence-corrected chi connectivity index (χ2v) is 10.3. The average Bonchev–Trinajstić information content (AvgIpc) is 3.33. The summed E-state index contributed by atoms with van der Waals surface area (Å²) in [5.41, 5.74) is 8.50. The van der Waals surface area contributed by atoms with Crippen LogP contribution in [0.25, 0.3) is 16.7 Å². The molecular weight excluding hydrogens is 494 g/mol. The van der Waals surface area contributed by atoms with Crippen molar-refractivity contribution in [2.24, 2.45) is 0 Å². The van der Waals surface area contributed by atoms with Gasteiger partial charge >= 0.3 is 5.97 Å². The first-order valence-electron chi connectivity index (χ1n) is 14.2. The molecule has 1 atom stereocenters. The minimum Gasteiger partial charge on any atom is -0.466 e. The highest BCUT2D eigenvalue weighted by Gasteiger charge is 2.23. The highest BCUT2D eigenvalue weighted by Crippen LogP contribution is 2.29. The molecule has 5 heteroatoms. The van der Waals surface area contributed by atoms with E-state index in [1.165, 1.54) is 11.1 Å². The Morgan fingerprint density at radius 3 is 2.12 bits per heavy atom. The Labute approximate surface area is 236 Å². The topological polar surface area (TPSA) is 57.0 Å². The van der Waals surface area contributed by atoms with Gasteiger partial charge in [0.1, 0.15) is 11.3 Å². The number of nitrogens with zero attached hydrogens (tertiary/aromatic N) is 3. The van der Waals surface area contributed by atoms with Crippen LogP contribution in [0.4, 0.5) is 0 Å². The Morgan fingerprint density at radius 1 is 0.825 bits per heavy atom. The van der Waals surface area contributed by atoms with E-state index in [1.807, 2.05) is 39.0 Å². The Morgan fingerprint density at radius 2 is 1.48 bits per heavy atom. The number of imidazole rings is 1. The maximum Gasteiger partial charge on any atom is 0.313 e. The number of benzene rings is 3. The lowest BCUT2D eigenvalue weighted by atomic mass is 9.92. The van der Waals surface area contributed by atoms with Crippen molar-refractivity contribution in [3.8, 4) is 5.69 Å². The molecule has 0 saturated carbocycles. The van der Waals surface area contributed by atoms with Crippen molar-refractivity contribution in [1.29, 1.82) is 0 Å². The number of hydrogen-bond donors (Lipinski definition) is 0. The van der Waals surface area contributed by atoms with Crippen LogP contribution in [-0.4, -0.2) is 27.1 Å². The van der Waals surface area contributed by atoms with Crippen LogP contribution in [0.15, 0.2) is 91.0 Å². The summed E-state index contributed by atoms with van der Waals surface area (Å²) in [4.78, 5) is 22.7. The molecule has 0 spiro atoms. The van der Waals surface area contributed by atoms with Gasteiger partial charge in [0.05, 0.1) is 23.7 Å². The molecule has 5 aromatic rings. The lowest BCUT2D eigenvalue weighted by Crippen LogP contribution is -2.17. The molecule has 0 amide bonds. The molecule has 0 N–H and O–H groups in total. The van der Waals surface area contributed by atoms with Gasteiger partial charge in [-0.1, -0.05) is 72.8 Å². The number of carbonyl (C=O) groups is 1. The van der Waals surface area contributed by atoms with Crippen molar-refractivity contribution in [1.82, 2.24) is 14.5 Å². The third-order valence-corrected chi connectivity index (χ3v) is 7.41. The zero-order valence-electron chi connectivity index (χ0n) is 23.6. The maximum absolute atomic E-state index is 13.0. The first-order chi connectivity index (χ1) is 19.5. The highest BCUT2D eigenvalue weighted by molar-refractivity contribution is 5.81. The summed E-state index contributed by atoms with van der Waals surface area (Å²) in [5, 5.41) is 0. The van der Waals surface area contributed by atoms with E-state index in [0.29, 0.717) is 13.0 Å². The van der Waals surface area contributed by atoms with E-state index in [2.05, 4.69) is 82.3 Å². The molecule has 0 aliphatic carbocycles. The van der Waals surface area contributed by atoms with Gasteiger partial charge in [-0.15, -0.1) is 0 Å². The standard InChI is InChI=1S/C35H37N3O2/c1-4-40-35(39)31(23-18-28-14-9-6-10-15-28)29-19-21-30(22-20-29)38-32-24-25(2)36-26(3)34(32)37-33(38)17-11-16-27-12-7-5-8-13-27/h5-10,12-15,19-22,24,31H,4,11,16-18,23H2,1-3H3. The first kappa shape index (κ1) is 27.3. The van der Waals surface area contributed by atoms with Gasteiger partial charge in [0.15, 0.2) is 0 Å². The van der Waals surface area contributed by atoms with Crippen molar-refractivity contribution in [3.05, 3.63) is 125 Å². The quantitative estimate of drug-likeness (QED) is 0.166. The van der Waals surface area contributed by atoms with Gasteiger partial charge in [0.2, 0.25) is 0 Å². The van der Waals surface area contributed by atoms with Crippen molar-refractivity contribution in [3.63, 3.8) is 0 Å². The van der Waals surface area contributed by atoms with Crippen LogP contribution >= 0.6 is 0 Å². The maximum atomic E-state index is 13.0. The summed E-state index contributed by atoms with van der Waals surface area (Å²) >= 11 is 0. The van der Waals surface area contributed by atoms with Crippen LogP contribution in [0.3, 0.4) is 0 Å². The molecule has 0 aliphatic rings. The Balaban J connectivity index is 1.44. The molecule has 0 aliphatic heterocycles. The summed E-state index contributed by atoms with van der Waals surface area (Å²) in [6, 6.07) is 31.4.